The van der Waals surface area contributed by atoms with E-state index in [-0.39, 0.29) is 6.10 Å². The maximum Gasteiger partial charge on any atom is 0.303 e. The van der Waals surface area contributed by atoms with Crippen LogP contribution in [0.5, 0.6) is 0 Å². The molecular formula is C27H50O3. The van der Waals surface area contributed by atoms with Gasteiger partial charge in [0.1, 0.15) is 0 Å². The summed E-state index contributed by atoms with van der Waals surface area (Å²) in [5.41, 5.74) is 0. The zero-order valence-electron chi connectivity index (χ0n) is 19.8. The Morgan fingerprint density at radius 3 is 1.87 bits per heavy atom. The molecule has 0 radical (unpaired) electrons. The Morgan fingerprint density at radius 1 is 0.700 bits per heavy atom. The Morgan fingerprint density at radius 2 is 1.23 bits per heavy atom. The van der Waals surface area contributed by atoms with Gasteiger partial charge in [0.05, 0.1) is 6.10 Å². The Bertz CT molecular complexity index is 414. The molecule has 30 heavy (non-hydrogen) atoms. The van der Waals surface area contributed by atoms with Crippen molar-refractivity contribution < 1.29 is 15.0 Å². The first-order valence-corrected chi connectivity index (χ1v) is 12.9. The number of hydrogen-bond acceptors (Lipinski definition) is 2. The number of carboxylic acids is 1. The van der Waals surface area contributed by atoms with Crippen molar-refractivity contribution in [2.24, 2.45) is 0 Å². The van der Waals surface area contributed by atoms with Crippen LogP contribution in [0.1, 0.15) is 135 Å². The highest BCUT2D eigenvalue weighted by Gasteiger charge is 2.01. The number of allylic oxidation sites excluding steroid dienone is 3. The van der Waals surface area contributed by atoms with Gasteiger partial charge in [0.25, 0.3) is 0 Å². The van der Waals surface area contributed by atoms with Gasteiger partial charge in [-0.25, -0.2) is 0 Å². The summed E-state index contributed by atoms with van der Waals surface area (Å²) in [5, 5.41) is 18.6. The smallest absolute Gasteiger partial charge is 0.303 e. The maximum absolute atomic E-state index is 10.4. The van der Waals surface area contributed by atoms with Crippen molar-refractivity contribution >= 4 is 5.97 Å². The Hall–Kier alpha value is -1.09. The molecule has 0 aliphatic rings. The second-order valence-electron chi connectivity index (χ2n) is 8.74. The van der Waals surface area contributed by atoms with Crippen LogP contribution in [0.2, 0.25) is 0 Å². The van der Waals surface area contributed by atoms with Crippen LogP contribution < -0.4 is 0 Å². The van der Waals surface area contributed by atoms with Gasteiger partial charge in [-0.05, 0) is 38.5 Å². The van der Waals surface area contributed by atoms with E-state index >= 15 is 0 Å². The van der Waals surface area contributed by atoms with Crippen LogP contribution in [0.15, 0.2) is 24.3 Å². The highest BCUT2D eigenvalue weighted by atomic mass is 16.4. The first-order chi connectivity index (χ1) is 14.7. The molecule has 0 heterocycles. The van der Waals surface area contributed by atoms with E-state index < -0.39 is 5.97 Å². The van der Waals surface area contributed by atoms with E-state index in [1.165, 1.54) is 77.0 Å². The van der Waals surface area contributed by atoms with Crippen molar-refractivity contribution in [2.45, 2.75) is 141 Å². The fourth-order valence-corrected chi connectivity index (χ4v) is 3.70. The van der Waals surface area contributed by atoms with E-state index in [0.717, 1.165) is 44.9 Å². The molecule has 0 saturated heterocycles. The fraction of sp³-hybridized carbons (Fsp3) is 0.815. The minimum Gasteiger partial charge on any atom is -0.481 e. The molecule has 1 atom stereocenters. The number of hydrogen-bond donors (Lipinski definition) is 2. The van der Waals surface area contributed by atoms with Gasteiger partial charge >= 0.3 is 5.97 Å². The van der Waals surface area contributed by atoms with Crippen LogP contribution in [0, 0.1) is 0 Å². The summed E-state index contributed by atoms with van der Waals surface area (Å²) < 4.78 is 0. The van der Waals surface area contributed by atoms with Crippen LogP contribution in [0.4, 0.5) is 0 Å². The largest absolute Gasteiger partial charge is 0.481 e. The van der Waals surface area contributed by atoms with E-state index in [1.807, 2.05) is 0 Å². The van der Waals surface area contributed by atoms with E-state index in [0.29, 0.717) is 6.42 Å². The third-order valence-electron chi connectivity index (χ3n) is 5.67. The lowest BCUT2D eigenvalue weighted by Gasteiger charge is -2.07. The number of carbonyl (C=O) groups is 1. The number of carboxylic acid groups (broad SMARTS) is 1. The second-order valence-corrected chi connectivity index (χ2v) is 8.74. The normalized spacial score (nSPS) is 12.9. The lowest BCUT2D eigenvalue weighted by Crippen LogP contribution is -2.04. The third kappa shape index (κ3) is 24.9. The Balaban J connectivity index is 3.33. The molecule has 0 saturated carbocycles. The molecule has 0 aromatic rings. The van der Waals surface area contributed by atoms with Crippen molar-refractivity contribution in [3.05, 3.63) is 24.3 Å². The number of unbranched alkanes of at least 4 members (excludes halogenated alkanes) is 14. The average Bonchev–Trinajstić information content (AvgIpc) is 2.72. The molecule has 176 valence electrons. The highest BCUT2D eigenvalue weighted by Crippen LogP contribution is 2.12. The van der Waals surface area contributed by atoms with Gasteiger partial charge in [-0.15, -0.1) is 0 Å². The monoisotopic (exact) mass is 422 g/mol. The zero-order chi connectivity index (χ0) is 22.1. The predicted molar refractivity (Wildman–Crippen MR) is 130 cm³/mol. The molecule has 0 bridgehead atoms. The van der Waals surface area contributed by atoms with Crippen LogP contribution in [-0.4, -0.2) is 22.3 Å². The van der Waals surface area contributed by atoms with Gasteiger partial charge in [-0.3, -0.25) is 4.79 Å². The molecule has 0 fully saturated rings. The molecule has 1 unspecified atom stereocenters. The van der Waals surface area contributed by atoms with Crippen molar-refractivity contribution in [1.29, 1.82) is 0 Å². The second kappa shape index (κ2) is 24.2. The quantitative estimate of drug-likeness (QED) is 0.128. The van der Waals surface area contributed by atoms with Crippen molar-refractivity contribution in [1.82, 2.24) is 0 Å². The number of rotatable bonds is 23. The summed E-state index contributed by atoms with van der Waals surface area (Å²) in [5.74, 6) is -0.687. The van der Waals surface area contributed by atoms with Gasteiger partial charge < -0.3 is 10.2 Å². The van der Waals surface area contributed by atoms with E-state index in [9.17, 15) is 9.90 Å². The van der Waals surface area contributed by atoms with Crippen molar-refractivity contribution in [2.75, 3.05) is 0 Å². The first kappa shape index (κ1) is 28.9. The summed E-state index contributed by atoms with van der Waals surface area (Å²) in [4.78, 5) is 10.4. The van der Waals surface area contributed by atoms with Gasteiger partial charge in [0, 0.05) is 6.42 Å². The van der Waals surface area contributed by atoms with Crippen molar-refractivity contribution in [3.8, 4) is 0 Å². The zero-order valence-corrected chi connectivity index (χ0v) is 19.8. The molecule has 0 spiro atoms. The molecule has 0 rings (SSSR count). The SMILES string of the molecule is CCCCCCCCCCC=CCC=CCC(O)CCCCCCCCCC(=O)O. The summed E-state index contributed by atoms with van der Waals surface area (Å²) >= 11 is 0. The number of aliphatic hydroxyl groups excluding tert-OH is 1. The lowest BCUT2D eigenvalue weighted by molar-refractivity contribution is -0.137. The molecule has 3 nitrogen and oxygen atoms in total. The molecule has 0 aromatic heterocycles. The molecule has 2 N–H and O–H groups in total. The van der Waals surface area contributed by atoms with Gasteiger partial charge in [-0.2, -0.15) is 0 Å². The minimum atomic E-state index is -0.687. The average molecular weight is 423 g/mol. The fourth-order valence-electron chi connectivity index (χ4n) is 3.70. The summed E-state index contributed by atoms with van der Waals surface area (Å²) in [7, 11) is 0. The molecule has 0 aromatic carbocycles. The summed E-state index contributed by atoms with van der Waals surface area (Å²) in [6.07, 6.45) is 31.4. The van der Waals surface area contributed by atoms with E-state index in [4.69, 9.17) is 5.11 Å². The molecule has 0 amide bonds. The molecule has 0 aliphatic carbocycles. The van der Waals surface area contributed by atoms with Crippen LogP contribution in [0.3, 0.4) is 0 Å². The van der Waals surface area contributed by atoms with Gasteiger partial charge in [0.15, 0.2) is 0 Å². The first-order valence-electron chi connectivity index (χ1n) is 12.9. The highest BCUT2D eigenvalue weighted by molar-refractivity contribution is 5.66. The Labute approximate surface area is 187 Å². The number of aliphatic carboxylic acids is 1. The number of aliphatic hydroxyl groups is 1. The predicted octanol–water partition coefficient (Wildman–Crippen LogP) is 8.37. The lowest BCUT2D eigenvalue weighted by atomic mass is 10.0. The molecule has 0 aliphatic heterocycles. The minimum absolute atomic E-state index is 0.210. The molecular weight excluding hydrogens is 372 g/mol. The van der Waals surface area contributed by atoms with Crippen LogP contribution in [-0.2, 0) is 4.79 Å². The van der Waals surface area contributed by atoms with E-state index in [1.54, 1.807) is 0 Å². The maximum atomic E-state index is 10.4. The topological polar surface area (TPSA) is 57.5 Å². The van der Waals surface area contributed by atoms with E-state index in [2.05, 4.69) is 31.2 Å². The summed E-state index contributed by atoms with van der Waals surface area (Å²) in [6.45, 7) is 2.27. The Kier molecular flexibility index (Phi) is 23.3. The summed E-state index contributed by atoms with van der Waals surface area (Å²) in [6, 6.07) is 0. The van der Waals surface area contributed by atoms with Gasteiger partial charge in [0.2, 0.25) is 0 Å². The third-order valence-corrected chi connectivity index (χ3v) is 5.67. The molecule has 3 heteroatoms. The van der Waals surface area contributed by atoms with Gasteiger partial charge in [-0.1, -0.05) is 115 Å². The standard InChI is InChI=1S/C27H50O3/c1-2-3-4-5-6-7-8-9-10-11-12-14-17-20-23-26(28)24-21-18-15-13-16-19-22-25-27(29)30/h11-12,17,20,26,28H,2-10,13-16,18-19,21-25H2,1H3,(H,29,30). The van der Waals surface area contributed by atoms with Crippen LogP contribution in [0.25, 0.3) is 0 Å². The van der Waals surface area contributed by atoms with Crippen molar-refractivity contribution in [3.63, 3.8) is 0 Å². The van der Waals surface area contributed by atoms with Crippen LogP contribution >= 0.6 is 0 Å².